The molecule has 2 aromatic heterocycles. The zero-order chi connectivity index (χ0) is 13.5. The van der Waals surface area contributed by atoms with Crippen LogP contribution in [0.1, 0.15) is 5.69 Å². The van der Waals surface area contributed by atoms with Crippen molar-refractivity contribution in [1.29, 1.82) is 0 Å². The number of aromatic nitrogens is 2. The summed E-state index contributed by atoms with van der Waals surface area (Å²) < 4.78 is 0. The molecule has 2 rings (SSSR count). The summed E-state index contributed by atoms with van der Waals surface area (Å²) in [7, 11) is 0. The predicted molar refractivity (Wildman–Crippen MR) is 70.0 cm³/mol. The van der Waals surface area contributed by atoms with Crippen molar-refractivity contribution in [2.75, 3.05) is 5.32 Å². The van der Waals surface area contributed by atoms with E-state index in [1.54, 1.807) is 54.7 Å². The summed E-state index contributed by atoms with van der Waals surface area (Å²) in [5.41, 5.74) is 0.626. The molecule has 19 heavy (non-hydrogen) atoms. The molecule has 0 radical (unpaired) electrons. The van der Waals surface area contributed by atoms with E-state index < -0.39 is 5.91 Å². The van der Waals surface area contributed by atoms with Gasteiger partial charge in [-0.1, -0.05) is 12.1 Å². The number of carbonyl (C=O) groups excluding carboxylic acids is 2. The Kier molecular flexibility index (Phi) is 4.16. The van der Waals surface area contributed by atoms with Gasteiger partial charge in [0.2, 0.25) is 0 Å². The second-order valence-corrected chi connectivity index (χ2v) is 3.75. The number of pyridine rings is 2. The average Bonchev–Trinajstić information content (AvgIpc) is 2.47. The molecule has 0 aliphatic heterocycles. The Morgan fingerprint density at radius 3 is 2.42 bits per heavy atom. The predicted octanol–water partition coefficient (Wildman–Crippen LogP) is 1.42. The maximum absolute atomic E-state index is 11.9. The van der Waals surface area contributed by atoms with Crippen LogP contribution in [0.4, 0.5) is 5.82 Å². The Morgan fingerprint density at radius 2 is 1.84 bits per heavy atom. The molecule has 0 aliphatic carbocycles. The molecule has 5 heteroatoms. The molecule has 0 bridgehead atoms. The standard InChI is InChI=1S/C14H11N3O2/c18-10-11(9-12-5-1-3-7-15-12)14(19)17-13-6-2-4-8-16-13/h1-8H,9H2,(H,16,17,19). The molecule has 2 aromatic rings. The minimum absolute atomic E-state index is 0.00986. The fourth-order valence-corrected chi connectivity index (χ4v) is 1.47. The summed E-state index contributed by atoms with van der Waals surface area (Å²) >= 11 is 0. The fraction of sp³-hybridized carbons (Fsp3) is 0.0714. The summed E-state index contributed by atoms with van der Waals surface area (Å²) in [6, 6.07) is 10.4. The molecule has 5 nitrogen and oxygen atoms in total. The summed E-state index contributed by atoms with van der Waals surface area (Å²) in [5, 5.41) is 2.54. The Labute approximate surface area is 110 Å². The van der Waals surface area contributed by atoms with Crippen molar-refractivity contribution in [3.63, 3.8) is 0 Å². The number of nitrogens with one attached hydrogen (secondary N) is 1. The van der Waals surface area contributed by atoms with Crippen molar-refractivity contribution in [3.05, 3.63) is 60.1 Å². The molecular formula is C14H11N3O2. The highest BCUT2D eigenvalue weighted by molar-refractivity contribution is 6.08. The van der Waals surface area contributed by atoms with Gasteiger partial charge in [0.15, 0.2) is 0 Å². The lowest BCUT2D eigenvalue weighted by atomic mass is 10.1. The first-order valence-corrected chi connectivity index (χ1v) is 5.66. The zero-order valence-electron chi connectivity index (χ0n) is 10.0. The first kappa shape index (κ1) is 12.7. The first-order chi connectivity index (χ1) is 9.29. The zero-order valence-corrected chi connectivity index (χ0v) is 10.0. The van der Waals surface area contributed by atoms with Gasteiger partial charge in [-0.2, -0.15) is 0 Å². The van der Waals surface area contributed by atoms with E-state index in [1.165, 1.54) is 0 Å². The monoisotopic (exact) mass is 253 g/mol. The summed E-state index contributed by atoms with van der Waals surface area (Å²) in [6.45, 7) is 0. The lowest BCUT2D eigenvalue weighted by Crippen LogP contribution is -2.17. The topological polar surface area (TPSA) is 72.0 Å². The van der Waals surface area contributed by atoms with E-state index in [1.807, 2.05) is 0 Å². The van der Waals surface area contributed by atoms with Gasteiger partial charge in [-0.3, -0.25) is 9.78 Å². The molecule has 94 valence electrons. The van der Waals surface area contributed by atoms with Crippen LogP contribution >= 0.6 is 0 Å². The number of hydrogen-bond acceptors (Lipinski definition) is 4. The molecule has 0 spiro atoms. The van der Waals surface area contributed by atoms with E-state index in [9.17, 15) is 9.59 Å². The van der Waals surface area contributed by atoms with Crippen molar-refractivity contribution in [2.45, 2.75) is 6.42 Å². The van der Waals surface area contributed by atoms with Crippen molar-refractivity contribution in [2.24, 2.45) is 0 Å². The van der Waals surface area contributed by atoms with Gasteiger partial charge in [0.1, 0.15) is 17.3 Å². The molecule has 0 saturated heterocycles. The quantitative estimate of drug-likeness (QED) is 0.660. The van der Waals surface area contributed by atoms with E-state index in [0.29, 0.717) is 11.5 Å². The molecule has 1 amide bonds. The molecule has 0 aliphatic rings. The van der Waals surface area contributed by atoms with Crippen LogP contribution in [0.5, 0.6) is 0 Å². The van der Waals surface area contributed by atoms with E-state index in [-0.39, 0.29) is 12.0 Å². The molecule has 0 saturated carbocycles. The molecule has 1 N–H and O–H groups in total. The number of rotatable bonds is 4. The molecule has 0 fully saturated rings. The molecule has 0 unspecified atom stereocenters. The highest BCUT2D eigenvalue weighted by atomic mass is 16.2. The first-order valence-electron chi connectivity index (χ1n) is 5.66. The number of hydrogen-bond donors (Lipinski definition) is 1. The van der Waals surface area contributed by atoms with Crippen LogP contribution in [-0.4, -0.2) is 21.8 Å². The summed E-state index contributed by atoms with van der Waals surface area (Å²) in [6.07, 6.45) is 3.30. The van der Waals surface area contributed by atoms with Crippen molar-refractivity contribution < 1.29 is 9.59 Å². The molecule has 0 atom stereocenters. The molecular weight excluding hydrogens is 242 g/mol. The molecule has 2 heterocycles. The third-order valence-electron chi connectivity index (χ3n) is 2.39. The Morgan fingerprint density at radius 1 is 1.11 bits per heavy atom. The summed E-state index contributed by atoms with van der Waals surface area (Å²) in [4.78, 5) is 30.8. The van der Waals surface area contributed by atoms with Crippen molar-refractivity contribution in [3.8, 4) is 0 Å². The highest BCUT2D eigenvalue weighted by Gasteiger charge is 2.12. The fourth-order valence-electron chi connectivity index (χ4n) is 1.47. The largest absolute Gasteiger partial charge is 0.306 e. The van der Waals surface area contributed by atoms with Gasteiger partial charge in [-0.15, -0.1) is 0 Å². The van der Waals surface area contributed by atoms with Gasteiger partial charge in [0.25, 0.3) is 5.91 Å². The second kappa shape index (κ2) is 6.23. The SMILES string of the molecule is O=C=C(Cc1ccccn1)C(=O)Nc1ccccn1. The summed E-state index contributed by atoms with van der Waals surface area (Å²) in [5.74, 6) is 1.53. The van der Waals surface area contributed by atoms with Crippen molar-refractivity contribution >= 4 is 17.7 Å². The van der Waals surface area contributed by atoms with E-state index in [4.69, 9.17) is 0 Å². The smallest absolute Gasteiger partial charge is 0.264 e. The maximum atomic E-state index is 11.9. The van der Waals surface area contributed by atoms with Gasteiger partial charge in [-0.25, -0.2) is 9.78 Å². The third-order valence-corrected chi connectivity index (χ3v) is 2.39. The molecule has 0 aromatic carbocycles. The highest BCUT2D eigenvalue weighted by Crippen LogP contribution is 2.06. The average molecular weight is 253 g/mol. The van der Waals surface area contributed by atoms with Crippen LogP contribution in [0.3, 0.4) is 0 Å². The van der Waals surface area contributed by atoms with E-state index in [2.05, 4.69) is 15.3 Å². The van der Waals surface area contributed by atoms with Crippen LogP contribution in [0.15, 0.2) is 54.4 Å². The van der Waals surface area contributed by atoms with Gasteiger partial charge in [0.05, 0.1) is 0 Å². The Balaban J connectivity index is 2.07. The number of anilines is 1. The van der Waals surface area contributed by atoms with Crippen LogP contribution in [0.2, 0.25) is 0 Å². The van der Waals surface area contributed by atoms with Gasteiger partial charge in [0, 0.05) is 24.5 Å². The number of carbonyl (C=O) groups is 1. The Bertz CT molecular complexity index is 605. The number of amides is 1. The van der Waals surface area contributed by atoms with Crippen LogP contribution in [0.25, 0.3) is 0 Å². The minimum Gasteiger partial charge on any atom is -0.306 e. The normalized spacial score (nSPS) is 9.47. The van der Waals surface area contributed by atoms with Gasteiger partial charge in [-0.05, 0) is 24.3 Å². The van der Waals surface area contributed by atoms with Crippen molar-refractivity contribution in [1.82, 2.24) is 9.97 Å². The Hall–Kier alpha value is -2.78. The lowest BCUT2D eigenvalue weighted by Gasteiger charge is -2.04. The maximum Gasteiger partial charge on any atom is 0.264 e. The van der Waals surface area contributed by atoms with Gasteiger partial charge < -0.3 is 5.32 Å². The van der Waals surface area contributed by atoms with E-state index >= 15 is 0 Å². The van der Waals surface area contributed by atoms with Crippen LogP contribution in [-0.2, 0) is 16.0 Å². The van der Waals surface area contributed by atoms with Crippen LogP contribution < -0.4 is 5.32 Å². The second-order valence-electron chi connectivity index (χ2n) is 3.75. The van der Waals surface area contributed by atoms with Crippen LogP contribution in [0, 0.1) is 0 Å². The lowest BCUT2D eigenvalue weighted by molar-refractivity contribution is -0.112. The van der Waals surface area contributed by atoms with Gasteiger partial charge >= 0.3 is 0 Å². The minimum atomic E-state index is -0.514. The third kappa shape index (κ3) is 3.59. The number of nitrogens with zero attached hydrogens (tertiary/aromatic N) is 2. The van der Waals surface area contributed by atoms with E-state index in [0.717, 1.165) is 0 Å².